The Bertz CT molecular complexity index is 976. The Hall–Kier alpha value is -1.68. The third-order valence-electron chi connectivity index (χ3n) is 4.70. The molecular weight excluding hydrogens is 382 g/mol. The van der Waals surface area contributed by atoms with Gasteiger partial charge in [0, 0.05) is 24.9 Å². The largest absolute Gasteiger partial charge is 0.489 e. The van der Waals surface area contributed by atoms with Crippen LogP contribution >= 0.6 is 11.6 Å². The number of hydrogen-bond acceptors (Lipinski definition) is 7. The summed E-state index contributed by atoms with van der Waals surface area (Å²) in [5.41, 5.74) is -0.725. The lowest BCUT2D eigenvalue weighted by molar-refractivity contribution is 0.0194. The number of aliphatic hydroxyl groups is 1. The van der Waals surface area contributed by atoms with Crippen molar-refractivity contribution < 1.29 is 22.8 Å². The molecule has 1 aromatic heterocycles. The smallest absolute Gasteiger partial charge is 0.260 e. The highest BCUT2D eigenvalue weighted by Crippen LogP contribution is 2.40. The number of β-amino-alcohol motifs (C(OH)–C–C–N with tert-alkyl or cyclic N) is 1. The van der Waals surface area contributed by atoms with Gasteiger partial charge in [0.25, 0.3) is 5.89 Å². The quantitative estimate of drug-likeness (QED) is 0.836. The fourth-order valence-corrected chi connectivity index (χ4v) is 5.30. The van der Waals surface area contributed by atoms with Crippen LogP contribution in [0.25, 0.3) is 0 Å². The van der Waals surface area contributed by atoms with E-state index in [4.69, 9.17) is 20.9 Å². The Labute approximate surface area is 155 Å². The van der Waals surface area contributed by atoms with Crippen molar-refractivity contribution in [1.29, 1.82) is 0 Å². The van der Waals surface area contributed by atoms with E-state index in [0.717, 1.165) is 5.56 Å². The first kappa shape index (κ1) is 17.7. The number of aryl methyl sites for hydroxylation is 1. The zero-order chi connectivity index (χ0) is 18.7. The maximum atomic E-state index is 13.0. The fraction of sp³-hybridized carbons (Fsp3) is 0.500. The summed E-state index contributed by atoms with van der Waals surface area (Å²) >= 11 is 6.22. The highest BCUT2D eigenvalue weighted by molar-refractivity contribution is 7.89. The van der Waals surface area contributed by atoms with Crippen molar-refractivity contribution in [3.8, 4) is 5.75 Å². The molecule has 0 spiro atoms. The molecular formula is C16H18ClN3O5S. The van der Waals surface area contributed by atoms with E-state index in [1.54, 1.807) is 13.0 Å². The van der Waals surface area contributed by atoms with Crippen molar-refractivity contribution in [2.45, 2.75) is 43.3 Å². The monoisotopic (exact) mass is 399 g/mol. The van der Waals surface area contributed by atoms with Crippen molar-refractivity contribution in [2.24, 2.45) is 0 Å². The molecule has 2 aliphatic heterocycles. The van der Waals surface area contributed by atoms with Crippen LogP contribution in [0, 0.1) is 6.92 Å². The van der Waals surface area contributed by atoms with E-state index in [2.05, 4.69) is 10.1 Å². The number of hydrogen-bond donors (Lipinski definition) is 1. The average molecular weight is 400 g/mol. The van der Waals surface area contributed by atoms with Crippen molar-refractivity contribution in [1.82, 2.24) is 14.4 Å². The van der Waals surface area contributed by atoms with Gasteiger partial charge in [-0.05, 0) is 26.0 Å². The molecule has 4 rings (SSSR count). The Balaban J connectivity index is 1.64. The summed E-state index contributed by atoms with van der Waals surface area (Å²) in [4.78, 5) is 4.12. The number of rotatable bonds is 3. The first-order chi connectivity index (χ1) is 12.2. The summed E-state index contributed by atoms with van der Waals surface area (Å²) in [5, 5.41) is 14.7. The third-order valence-corrected chi connectivity index (χ3v) is 6.80. The molecule has 3 heterocycles. The average Bonchev–Trinajstić information content (AvgIpc) is 3.26. The van der Waals surface area contributed by atoms with Crippen LogP contribution in [0.4, 0.5) is 0 Å². The lowest BCUT2D eigenvalue weighted by Gasteiger charge is -2.20. The van der Waals surface area contributed by atoms with Gasteiger partial charge in [-0.3, -0.25) is 0 Å². The Morgan fingerprint density at radius 3 is 2.88 bits per heavy atom. The van der Waals surface area contributed by atoms with E-state index in [-0.39, 0.29) is 41.4 Å². The van der Waals surface area contributed by atoms with Crippen LogP contribution in [0.3, 0.4) is 0 Å². The minimum atomic E-state index is -3.83. The summed E-state index contributed by atoms with van der Waals surface area (Å²) in [6.07, 6.45) is 0.731. The zero-order valence-corrected chi connectivity index (χ0v) is 15.8. The third kappa shape index (κ3) is 2.79. The van der Waals surface area contributed by atoms with Gasteiger partial charge in [-0.1, -0.05) is 16.8 Å². The summed E-state index contributed by atoms with van der Waals surface area (Å²) in [6, 6.07) is 2.98. The van der Waals surface area contributed by atoms with Gasteiger partial charge in [0.15, 0.2) is 11.4 Å². The van der Waals surface area contributed by atoms with E-state index >= 15 is 0 Å². The molecule has 2 aliphatic rings. The number of halogens is 1. The van der Waals surface area contributed by atoms with Crippen LogP contribution in [-0.2, 0) is 22.0 Å². The molecule has 1 aromatic carbocycles. The fourth-order valence-electron chi connectivity index (χ4n) is 3.38. The second-order valence-electron chi connectivity index (χ2n) is 6.79. The molecule has 140 valence electrons. The van der Waals surface area contributed by atoms with Crippen LogP contribution in [0.2, 0.25) is 5.02 Å². The van der Waals surface area contributed by atoms with Gasteiger partial charge in [0.1, 0.15) is 11.9 Å². The van der Waals surface area contributed by atoms with Gasteiger partial charge in [-0.25, -0.2) is 8.42 Å². The van der Waals surface area contributed by atoms with Gasteiger partial charge in [0.05, 0.1) is 16.5 Å². The first-order valence-electron chi connectivity index (χ1n) is 8.21. The second kappa shape index (κ2) is 5.91. The first-order valence-corrected chi connectivity index (χ1v) is 10.0. The minimum absolute atomic E-state index is 0.0295. The Morgan fingerprint density at radius 2 is 2.19 bits per heavy atom. The highest BCUT2D eigenvalue weighted by Gasteiger charge is 2.47. The highest BCUT2D eigenvalue weighted by atomic mass is 35.5. The molecule has 2 aromatic rings. The van der Waals surface area contributed by atoms with Crippen molar-refractivity contribution >= 4 is 21.6 Å². The standard InChI is InChI=1S/C16H18ClN3O5S/c1-9-5-11-6-12(7-13(17)14(11)24-9)26(22,23)20-4-3-16(21,8-20)15-18-10(2)19-25-15/h6-7,9,21H,3-5,8H2,1-2H3. The molecule has 2 atom stereocenters. The number of ether oxygens (including phenoxy) is 1. The number of fused-ring (bicyclic) bond motifs is 1. The molecule has 2 unspecified atom stereocenters. The normalized spacial score (nSPS) is 26.1. The van der Waals surface area contributed by atoms with Crippen molar-refractivity contribution in [3.05, 3.63) is 34.4 Å². The maximum Gasteiger partial charge on any atom is 0.260 e. The molecule has 0 bridgehead atoms. The number of benzene rings is 1. The lowest BCUT2D eigenvalue weighted by atomic mass is 10.0. The van der Waals surface area contributed by atoms with Gasteiger partial charge < -0.3 is 14.4 Å². The van der Waals surface area contributed by atoms with E-state index < -0.39 is 15.6 Å². The molecule has 1 saturated heterocycles. The zero-order valence-electron chi connectivity index (χ0n) is 14.3. The summed E-state index contributed by atoms with van der Waals surface area (Å²) in [7, 11) is -3.83. The van der Waals surface area contributed by atoms with Crippen molar-refractivity contribution in [2.75, 3.05) is 13.1 Å². The van der Waals surface area contributed by atoms with Gasteiger partial charge in [-0.15, -0.1) is 0 Å². The topological polar surface area (TPSA) is 106 Å². The number of sulfonamides is 1. The molecule has 26 heavy (non-hydrogen) atoms. The lowest BCUT2D eigenvalue weighted by Crippen LogP contribution is -2.34. The van der Waals surface area contributed by atoms with E-state index in [1.807, 2.05) is 6.92 Å². The molecule has 8 nitrogen and oxygen atoms in total. The number of nitrogens with zero attached hydrogens (tertiary/aromatic N) is 3. The van der Waals surface area contributed by atoms with E-state index in [0.29, 0.717) is 18.0 Å². The molecule has 0 radical (unpaired) electrons. The molecule has 0 aliphatic carbocycles. The van der Waals surface area contributed by atoms with Crippen LogP contribution in [0.5, 0.6) is 5.75 Å². The van der Waals surface area contributed by atoms with Gasteiger partial charge >= 0.3 is 0 Å². The molecule has 1 fully saturated rings. The summed E-state index contributed by atoms with van der Waals surface area (Å²) in [5.74, 6) is 0.952. The molecule has 0 amide bonds. The van der Waals surface area contributed by atoms with E-state index in [9.17, 15) is 13.5 Å². The predicted octanol–water partition coefficient (Wildman–Crippen LogP) is 1.64. The van der Waals surface area contributed by atoms with Crippen LogP contribution in [0.15, 0.2) is 21.6 Å². The van der Waals surface area contributed by atoms with Crippen LogP contribution in [-0.4, -0.2) is 47.2 Å². The van der Waals surface area contributed by atoms with Crippen molar-refractivity contribution in [3.63, 3.8) is 0 Å². The van der Waals surface area contributed by atoms with Crippen LogP contribution < -0.4 is 4.74 Å². The van der Waals surface area contributed by atoms with Gasteiger partial charge in [-0.2, -0.15) is 9.29 Å². The predicted molar refractivity (Wildman–Crippen MR) is 91.6 cm³/mol. The van der Waals surface area contributed by atoms with Crippen LogP contribution in [0.1, 0.15) is 30.6 Å². The maximum absolute atomic E-state index is 13.0. The summed E-state index contributed by atoms with van der Waals surface area (Å²) in [6.45, 7) is 3.52. The van der Waals surface area contributed by atoms with Gasteiger partial charge in [0.2, 0.25) is 10.0 Å². The summed E-state index contributed by atoms with van der Waals surface area (Å²) < 4.78 is 37.9. The molecule has 10 heteroatoms. The number of aromatic nitrogens is 2. The molecule has 1 N–H and O–H groups in total. The second-order valence-corrected chi connectivity index (χ2v) is 9.14. The Kier molecular flexibility index (Phi) is 4.03. The molecule has 0 saturated carbocycles. The Morgan fingerprint density at radius 1 is 1.42 bits per heavy atom. The van der Waals surface area contributed by atoms with E-state index in [1.165, 1.54) is 10.4 Å². The minimum Gasteiger partial charge on any atom is -0.489 e. The SMILES string of the molecule is Cc1noc(C2(O)CCN(S(=O)(=O)c3cc(Cl)c4c(c3)CC(C)O4)C2)n1.